The van der Waals surface area contributed by atoms with Crippen LogP contribution in [0.4, 0.5) is 15.9 Å². The van der Waals surface area contributed by atoms with Crippen molar-refractivity contribution in [3.05, 3.63) is 35.6 Å². The molecule has 0 aliphatic heterocycles. The van der Waals surface area contributed by atoms with Gasteiger partial charge in [0, 0.05) is 23.2 Å². The van der Waals surface area contributed by atoms with Gasteiger partial charge in [-0.3, -0.25) is 19.7 Å². The number of aromatic amines is 1. The molecule has 4 aromatic rings. The Morgan fingerprint density at radius 2 is 2.09 bits per heavy atom. The van der Waals surface area contributed by atoms with E-state index in [1.54, 1.807) is 23.0 Å². The Labute approximate surface area is 191 Å². The van der Waals surface area contributed by atoms with Crippen molar-refractivity contribution in [3.8, 4) is 11.3 Å². The fourth-order valence-electron chi connectivity index (χ4n) is 3.90. The molecular formula is C21H20ClFN8O2. The molecule has 3 aromatic heterocycles. The molecule has 2 atom stereocenters. The van der Waals surface area contributed by atoms with E-state index < -0.39 is 23.6 Å². The van der Waals surface area contributed by atoms with Gasteiger partial charge in [-0.05, 0) is 20.3 Å². The summed E-state index contributed by atoms with van der Waals surface area (Å²) in [7, 11) is 0. The van der Waals surface area contributed by atoms with E-state index in [9.17, 15) is 9.59 Å². The average Bonchev–Trinajstić information content (AvgIpc) is 3.27. The van der Waals surface area contributed by atoms with E-state index >= 15 is 4.39 Å². The first-order chi connectivity index (χ1) is 15.7. The first kappa shape index (κ1) is 21.1. The lowest BCUT2D eigenvalue weighted by Crippen LogP contribution is -2.20. The van der Waals surface area contributed by atoms with Gasteiger partial charge in [0.15, 0.2) is 17.3 Å². The Kier molecular flexibility index (Phi) is 4.93. The summed E-state index contributed by atoms with van der Waals surface area (Å²) < 4.78 is 16.8. The summed E-state index contributed by atoms with van der Waals surface area (Å²) >= 11 is 6.44. The normalized spacial score (nSPS) is 17.6. The van der Waals surface area contributed by atoms with Gasteiger partial charge in [0.25, 0.3) is 0 Å². The lowest BCUT2D eigenvalue weighted by atomic mass is 10.1. The largest absolute Gasteiger partial charge is 0.379 e. The quantitative estimate of drug-likeness (QED) is 0.341. The molecule has 1 aliphatic rings. The fourth-order valence-corrected chi connectivity index (χ4v) is 4.19. The van der Waals surface area contributed by atoms with Gasteiger partial charge in [0.05, 0.1) is 52.3 Å². The number of nitrogens with zero attached hydrogens (tertiary/aromatic N) is 4. The summed E-state index contributed by atoms with van der Waals surface area (Å²) in [5.41, 5.74) is 7.23. The maximum Gasteiger partial charge on any atom is 0.229 e. The van der Waals surface area contributed by atoms with E-state index in [2.05, 4.69) is 30.8 Å². The highest BCUT2D eigenvalue weighted by atomic mass is 35.5. The number of nitrogens with one attached hydrogen (secondary N) is 3. The SMILES string of the molecule is CC(C)Nc1c(F)c(Cl)c(-c2cn3cc(NC(=O)[C@@H]4C[C@@H]4C(N)=O)nc3cn2)c2cn[nH]c12. The van der Waals surface area contributed by atoms with Crippen molar-refractivity contribution >= 4 is 51.5 Å². The van der Waals surface area contributed by atoms with Gasteiger partial charge in [-0.15, -0.1) is 0 Å². The molecule has 1 saturated carbocycles. The predicted molar refractivity (Wildman–Crippen MR) is 121 cm³/mol. The second-order valence-corrected chi connectivity index (χ2v) is 8.72. The number of H-pyrrole nitrogens is 1. The van der Waals surface area contributed by atoms with Gasteiger partial charge < -0.3 is 20.8 Å². The lowest BCUT2D eigenvalue weighted by Gasteiger charge is -2.15. The molecule has 3 heterocycles. The highest BCUT2D eigenvalue weighted by Gasteiger charge is 2.47. The van der Waals surface area contributed by atoms with Crippen LogP contribution in [0.3, 0.4) is 0 Å². The van der Waals surface area contributed by atoms with Crippen molar-refractivity contribution in [1.82, 2.24) is 24.6 Å². The number of hydrogen-bond donors (Lipinski definition) is 4. The minimum atomic E-state index is -0.606. The Hall–Kier alpha value is -3.73. The number of fused-ring (bicyclic) bond motifs is 2. The van der Waals surface area contributed by atoms with E-state index in [0.29, 0.717) is 40.0 Å². The molecule has 1 aliphatic carbocycles. The van der Waals surface area contributed by atoms with Crippen LogP contribution in [0.5, 0.6) is 0 Å². The number of imidazole rings is 1. The van der Waals surface area contributed by atoms with Crippen molar-refractivity contribution in [2.75, 3.05) is 10.6 Å². The molecule has 2 amide bonds. The zero-order chi connectivity index (χ0) is 23.4. The van der Waals surface area contributed by atoms with E-state index in [1.807, 2.05) is 13.8 Å². The van der Waals surface area contributed by atoms with Gasteiger partial charge >= 0.3 is 0 Å². The molecule has 1 aromatic carbocycles. The molecule has 5 rings (SSSR count). The summed E-state index contributed by atoms with van der Waals surface area (Å²) in [6, 6.07) is -0.0177. The Morgan fingerprint density at radius 3 is 2.79 bits per heavy atom. The molecule has 5 N–H and O–H groups in total. The topological polar surface area (TPSA) is 143 Å². The van der Waals surface area contributed by atoms with Crippen molar-refractivity contribution in [2.45, 2.75) is 26.3 Å². The first-order valence-electron chi connectivity index (χ1n) is 10.3. The molecule has 0 bridgehead atoms. The third kappa shape index (κ3) is 3.63. The molecular weight excluding hydrogens is 451 g/mol. The lowest BCUT2D eigenvalue weighted by molar-refractivity contribution is -0.123. The number of primary amides is 1. The van der Waals surface area contributed by atoms with Gasteiger partial charge in [0.1, 0.15) is 0 Å². The summed E-state index contributed by atoms with van der Waals surface area (Å²) in [6.45, 7) is 3.79. The summed E-state index contributed by atoms with van der Waals surface area (Å²) in [4.78, 5) is 32.2. The zero-order valence-electron chi connectivity index (χ0n) is 17.7. The molecule has 0 radical (unpaired) electrons. The maximum absolute atomic E-state index is 15.2. The number of amides is 2. The number of carbonyl (C=O) groups is 2. The highest BCUT2D eigenvalue weighted by Crippen LogP contribution is 2.41. The maximum atomic E-state index is 15.2. The minimum absolute atomic E-state index is 0.0177. The van der Waals surface area contributed by atoms with Crippen LogP contribution < -0.4 is 16.4 Å². The zero-order valence-corrected chi connectivity index (χ0v) is 18.4. The number of benzene rings is 1. The molecule has 33 heavy (non-hydrogen) atoms. The second-order valence-electron chi connectivity index (χ2n) is 8.34. The van der Waals surface area contributed by atoms with Crippen LogP contribution in [-0.2, 0) is 9.59 Å². The van der Waals surface area contributed by atoms with E-state index in [0.717, 1.165) is 0 Å². The standard InChI is InChI=1S/C21H20ClFN8O2/c1-8(2)27-19-17(23)16(22)15(11-4-26-30-18(11)19)12-6-31-7-13(28-14(31)5-25-12)29-21(33)10-3-9(10)20(24)32/h4-10,27H,3H2,1-2H3,(H2,24,32)(H,26,30)(H,29,33)/t9-,10+/m0/s1. The minimum Gasteiger partial charge on any atom is -0.379 e. The van der Waals surface area contributed by atoms with Crippen LogP contribution >= 0.6 is 11.6 Å². The van der Waals surface area contributed by atoms with Gasteiger partial charge in [-0.2, -0.15) is 5.10 Å². The monoisotopic (exact) mass is 470 g/mol. The average molecular weight is 471 g/mol. The van der Waals surface area contributed by atoms with Gasteiger partial charge in [-0.25, -0.2) is 9.37 Å². The van der Waals surface area contributed by atoms with Crippen LogP contribution in [0.15, 0.2) is 24.8 Å². The molecule has 12 heteroatoms. The summed E-state index contributed by atoms with van der Waals surface area (Å²) in [6.07, 6.45) is 6.74. The van der Waals surface area contributed by atoms with Crippen LogP contribution in [-0.4, -0.2) is 42.4 Å². The number of hydrogen-bond acceptors (Lipinski definition) is 6. The van der Waals surface area contributed by atoms with Crippen molar-refractivity contribution in [1.29, 1.82) is 0 Å². The molecule has 1 fully saturated rings. The third-order valence-electron chi connectivity index (χ3n) is 5.56. The van der Waals surface area contributed by atoms with Gasteiger partial charge in [0.2, 0.25) is 11.8 Å². The number of halogens is 2. The first-order valence-corrected chi connectivity index (χ1v) is 10.7. The van der Waals surface area contributed by atoms with Crippen LogP contribution in [0.25, 0.3) is 27.8 Å². The van der Waals surface area contributed by atoms with E-state index in [1.165, 1.54) is 6.20 Å². The molecule has 0 unspecified atom stereocenters. The van der Waals surface area contributed by atoms with Crippen molar-refractivity contribution in [2.24, 2.45) is 17.6 Å². The third-order valence-corrected chi connectivity index (χ3v) is 5.92. The summed E-state index contributed by atoms with van der Waals surface area (Å²) in [5, 5.41) is 13.2. The summed E-state index contributed by atoms with van der Waals surface area (Å²) in [5.74, 6) is -1.97. The van der Waals surface area contributed by atoms with Crippen molar-refractivity contribution < 1.29 is 14.0 Å². The predicted octanol–water partition coefficient (Wildman–Crippen LogP) is 2.95. The Bertz CT molecular complexity index is 1430. The molecule has 0 saturated heterocycles. The van der Waals surface area contributed by atoms with Crippen LogP contribution in [0.2, 0.25) is 5.02 Å². The smallest absolute Gasteiger partial charge is 0.229 e. The van der Waals surface area contributed by atoms with E-state index in [4.69, 9.17) is 17.3 Å². The molecule has 0 spiro atoms. The van der Waals surface area contributed by atoms with E-state index in [-0.39, 0.29) is 22.7 Å². The molecule has 10 nitrogen and oxygen atoms in total. The Balaban J connectivity index is 1.51. The molecule has 170 valence electrons. The highest BCUT2D eigenvalue weighted by molar-refractivity contribution is 6.35. The number of nitrogens with two attached hydrogens (primary N) is 1. The van der Waals surface area contributed by atoms with Crippen LogP contribution in [0.1, 0.15) is 20.3 Å². The van der Waals surface area contributed by atoms with Crippen molar-refractivity contribution in [3.63, 3.8) is 0 Å². The van der Waals surface area contributed by atoms with Gasteiger partial charge in [-0.1, -0.05) is 11.6 Å². The van der Waals surface area contributed by atoms with Crippen LogP contribution in [0, 0.1) is 17.7 Å². The number of rotatable bonds is 6. The second kappa shape index (κ2) is 7.69. The fraction of sp³-hybridized carbons (Fsp3) is 0.286. The number of anilines is 2. The number of carbonyl (C=O) groups excluding carboxylic acids is 2. The Morgan fingerprint density at radius 1 is 1.30 bits per heavy atom. The number of aromatic nitrogens is 5.